The summed E-state index contributed by atoms with van der Waals surface area (Å²) in [4.78, 5) is 28.7. The lowest BCUT2D eigenvalue weighted by atomic mass is 9.88. The molecule has 31 heavy (non-hydrogen) atoms. The Morgan fingerprint density at radius 3 is 2.68 bits per heavy atom. The van der Waals surface area contributed by atoms with Crippen molar-refractivity contribution in [2.45, 2.75) is 51.5 Å². The van der Waals surface area contributed by atoms with Crippen LogP contribution >= 0.6 is 11.3 Å². The molecular weight excluding hydrogens is 429 g/mol. The van der Waals surface area contributed by atoms with Gasteiger partial charge >= 0.3 is 5.69 Å². The van der Waals surface area contributed by atoms with Crippen molar-refractivity contribution in [1.29, 1.82) is 0 Å². The van der Waals surface area contributed by atoms with Crippen LogP contribution in [0.4, 0.5) is 13.2 Å². The minimum Gasteiger partial charge on any atom is -0.396 e. The Morgan fingerprint density at radius 2 is 2.03 bits per heavy atom. The molecule has 2 N–H and O–H groups in total. The maximum atomic E-state index is 15.6. The van der Waals surface area contributed by atoms with Crippen LogP contribution in [0.15, 0.2) is 15.7 Å². The number of rotatable bonds is 4. The second kappa shape index (κ2) is 7.34. The predicted octanol–water partition coefficient (Wildman–Crippen LogP) is 4.24. The summed E-state index contributed by atoms with van der Waals surface area (Å²) in [5.41, 5.74) is -1.15. The monoisotopic (exact) mass is 450 g/mol. The molecule has 1 aromatic carbocycles. The Morgan fingerprint density at radius 1 is 1.29 bits per heavy atom. The fourth-order valence-electron chi connectivity index (χ4n) is 4.75. The molecule has 0 saturated heterocycles. The van der Waals surface area contributed by atoms with Gasteiger partial charge in [0.2, 0.25) is 0 Å². The number of aromatic nitrogens is 2. The Bertz CT molecular complexity index is 1320. The fraction of sp³-hybridized carbons (Fsp3) is 0.455. The minimum absolute atomic E-state index is 0.0298. The molecule has 2 aliphatic carbocycles. The number of aliphatic hydroxyl groups is 1. The largest absolute Gasteiger partial charge is 0.396 e. The number of aromatic amines is 1. The molecule has 1 fully saturated rings. The molecule has 2 aromatic heterocycles. The van der Waals surface area contributed by atoms with Crippen LogP contribution in [-0.2, 0) is 12.8 Å². The number of nitrogens with one attached hydrogen (secondary N) is 1. The number of halogens is 3. The first-order valence-corrected chi connectivity index (χ1v) is 11.1. The van der Waals surface area contributed by atoms with Crippen LogP contribution in [0.25, 0.3) is 21.3 Å². The molecule has 0 radical (unpaired) electrons. The zero-order valence-corrected chi connectivity index (χ0v) is 17.6. The van der Waals surface area contributed by atoms with Gasteiger partial charge < -0.3 is 5.11 Å². The third-order valence-electron chi connectivity index (χ3n) is 6.42. The number of fused-ring (bicyclic) bond motifs is 2. The number of H-pyrrole nitrogens is 1. The number of aryl methyl sites for hydroxylation is 2. The summed E-state index contributed by atoms with van der Waals surface area (Å²) in [7, 11) is 0. The van der Waals surface area contributed by atoms with Gasteiger partial charge in [0, 0.05) is 28.0 Å². The number of benzene rings is 1. The molecule has 1 saturated carbocycles. The van der Waals surface area contributed by atoms with Crippen LogP contribution in [0.1, 0.15) is 53.3 Å². The SMILES string of the molecule is Cc1c(-c2cc3c(s2)CCC(CO)C3)c(F)c(C(F)F)c2c(=O)[nH]c(=O)n(C3CC3)c12. The van der Waals surface area contributed by atoms with Crippen LogP contribution in [-0.4, -0.2) is 21.3 Å². The van der Waals surface area contributed by atoms with E-state index in [1.165, 1.54) is 15.9 Å². The second-order valence-electron chi connectivity index (χ2n) is 8.46. The minimum atomic E-state index is -3.21. The molecule has 164 valence electrons. The van der Waals surface area contributed by atoms with Crippen LogP contribution in [0.2, 0.25) is 0 Å². The zero-order chi connectivity index (χ0) is 22.0. The molecule has 3 aromatic rings. The topological polar surface area (TPSA) is 75.1 Å². The lowest BCUT2D eigenvalue weighted by Crippen LogP contribution is -2.31. The first-order valence-electron chi connectivity index (χ1n) is 10.3. The normalized spacial score (nSPS) is 18.7. The maximum absolute atomic E-state index is 15.6. The summed E-state index contributed by atoms with van der Waals surface area (Å²) in [5, 5.41) is 9.04. The van der Waals surface area contributed by atoms with Crippen LogP contribution in [0, 0.1) is 18.7 Å². The van der Waals surface area contributed by atoms with E-state index in [4.69, 9.17) is 0 Å². The van der Waals surface area contributed by atoms with Crippen LogP contribution in [0.3, 0.4) is 0 Å². The molecule has 0 spiro atoms. The van der Waals surface area contributed by atoms with Crippen molar-refractivity contribution in [3.8, 4) is 10.4 Å². The molecule has 2 heterocycles. The zero-order valence-electron chi connectivity index (χ0n) is 16.8. The van der Waals surface area contributed by atoms with Crippen molar-refractivity contribution in [2.75, 3.05) is 6.61 Å². The Labute approximate surface area is 179 Å². The standard InChI is InChI=1S/C22H21F3N2O3S/c1-9-15(14-7-11-6-10(8-28)2-5-13(11)31-14)18(23)16(20(24)25)17-19(9)27(12-3-4-12)22(30)26-21(17)29/h7,10,12,20,28H,2-6,8H2,1H3,(H,26,29,30). The van der Waals surface area contributed by atoms with E-state index in [9.17, 15) is 23.5 Å². The Balaban J connectivity index is 1.85. The van der Waals surface area contributed by atoms with Gasteiger partial charge in [-0.1, -0.05) is 0 Å². The molecule has 0 aliphatic heterocycles. The van der Waals surface area contributed by atoms with Crippen molar-refractivity contribution >= 4 is 22.2 Å². The summed E-state index contributed by atoms with van der Waals surface area (Å²) in [6, 6.07) is 1.62. The van der Waals surface area contributed by atoms with E-state index in [0.29, 0.717) is 29.7 Å². The molecule has 2 aliphatic rings. The van der Waals surface area contributed by atoms with Gasteiger partial charge in [0.25, 0.3) is 12.0 Å². The van der Waals surface area contributed by atoms with Crippen molar-refractivity contribution in [3.63, 3.8) is 0 Å². The van der Waals surface area contributed by atoms with E-state index in [1.54, 1.807) is 13.0 Å². The lowest BCUT2D eigenvalue weighted by Gasteiger charge is -2.19. The van der Waals surface area contributed by atoms with Gasteiger partial charge in [0.15, 0.2) is 0 Å². The predicted molar refractivity (Wildman–Crippen MR) is 113 cm³/mol. The molecule has 0 bridgehead atoms. The van der Waals surface area contributed by atoms with E-state index < -0.39 is 34.4 Å². The van der Waals surface area contributed by atoms with Gasteiger partial charge in [-0.2, -0.15) is 0 Å². The molecule has 1 unspecified atom stereocenters. The van der Waals surface area contributed by atoms with Crippen molar-refractivity contribution < 1.29 is 18.3 Å². The Hall–Kier alpha value is -2.39. The van der Waals surface area contributed by atoms with Crippen LogP contribution in [0.5, 0.6) is 0 Å². The highest BCUT2D eigenvalue weighted by Crippen LogP contribution is 2.45. The molecule has 1 atom stereocenters. The van der Waals surface area contributed by atoms with Crippen molar-refractivity contribution in [1.82, 2.24) is 9.55 Å². The second-order valence-corrected chi connectivity index (χ2v) is 9.60. The summed E-state index contributed by atoms with van der Waals surface area (Å²) >= 11 is 1.36. The van der Waals surface area contributed by atoms with Gasteiger partial charge in [-0.25, -0.2) is 18.0 Å². The van der Waals surface area contributed by atoms with E-state index >= 15 is 4.39 Å². The lowest BCUT2D eigenvalue weighted by molar-refractivity contribution is 0.148. The van der Waals surface area contributed by atoms with Gasteiger partial charge in [-0.15, -0.1) is 11.3 Å². The summed E-state index contributed by atoms with van der Waals surface area (Å²) in [5.74, 6) is -0.975. The number of alkyl halides is 2. The average Bonchev–Trinajstić information content (AvgIpc) is 3.46. The number of aliphatic hydroxyl groups excluding tert-OH is 1. The molecule has 5 rings (SSSR count). The van der Waals surface area contributed by atoms with E-state index in [2.05, 4.69) is 4.98 Å². The third-order valence-corrected chi connectivity index (χ3v) is 7.67. The van der Waals surface area contributed by atoms with Crippen molar-refractivity contribution in [3.05, 3.63) is 54.3 Å². The van der Waals surface area contributed by atoms with Gasteiger partial charge in [0.1, 0.15) is 5.82 Å². The highest BCUT2D eigenvalue weighted by molar-refractivity contribution is 7.15. The summed E-state index contributed by atoms with van der Waals surface area (Å²) in [6.07, 6.45) is 0.418. The molecule has 5 nitrogen and oxygen atoms in total. The highest BCUT2D eigenvalue weighted by atomic mass is 32.1. The Kier molecular flexibility index (Phi) is 4.86. The first kappa shape index (κ1) is 20.5. The number of thiophene rings is 1. The molecule has 9 heteroatoms. The quantitative estimate of drug-likeness (QED) is 0.625. The highest BCUT2D eigenvalue weighted by Gasteiger charge is 2.33. The molecule has 0 amide bonds. The van der Waals surface area contributed by atoms with Gasteiger partial charge in [-0.3, -0.25) is 14.3 Å². The van der Waals surface area contributed by atoms with E-state index in [0.717, 1.165) is 23.3 Å². The average molecular weight is 450 g/mol. The summed E-state index contributed by atoms with van der Waals surface area (Å²) < 4.78 is 45.0. The van der Waals surface area contributed by atoms with E-state index in [1.807, 2.05) is 0 Å². The van der Waals surface area contributed by atoms with Gasteiger partial charge in [0.05, 0.1) is 16.5 Å². The van der Waals surface area contributed by atoms with Crippen LogP contribution < -0.4 is 11.2 Å². The number of hydrogen-bond donors (Lipinski definition) is 2. The smallest absolute Gasteiger partial charge is 0.329 e. The number of hydrogen-bond acceptors (Lipinski definition) is 4. The van der Waals surface area contributed by atoms with Crippen molar-refractivity contribution in [2.24, 2.45) is 5.92 Å². The third kappa shape index (κ3) is 3.17. The van der Waals surface area contributed by atoms with E-state index in [-0.39, 0.29) is 29.6 Å². The summed E-state index contributed by atoms with van der Waals surface area (Å²) in [6.45, 7) is 1.66. The maximum Gasteiger partial charge on any atom is 0.329 e. The van der Waals surface area contributed by atoms with Gasteiger partial charge in [-0.05, 0) is 62.1 Å². The first-order chi connectivity index (χ1) is 14.8. The fourth-order valence-corrected chi connectivity index (χ4v) is 6.06. The number of nitrogens with zero attached hydrogens (tertiary/aromatic N) is 1. The molecular formula is C22H21F3N2O3S.